The van der Waals surface area contributed by atoms with Crippen molar-refractivity contribution >= 4 is 28.4 Å². The van der Waals surface area contributed by atoms with Gasteiger partial charge in [0.1, 0.15) is 11.1 Å². The number of thiophene rings is 1. The van der Waals surface area contributed by atoms with Gasteiger partial charge in [-0.15, -0.1) is 11.3 Å². The molecule has 2 rings (SSSR count). The molecule has 1 aromatic heterocycles. The number of carboxylic acid groups (broad SMARTS) is 1. The maximum Gasteiger partial charge on any atom is 0.412 e. The molecule has 1 aromatic rings. The molecular formula is C13H17NO4S. The zero-order valence-corrected chi connectivity index (χ0v) is 11.6. The van der Waals surface area contributed by atoms with Crippen molar-refractivity contribution in [2.45, 2.75) is 45.1 Å². The third-order valence-electron chi connectivity index (χ3n) is 3.15. The number of carboxylic acids is 1. The van der Waals surface area contributed by atoms with E-state index in [-0.39, 0.29) is 11.7 Å². The van der Waals surface area contributed by atoms with Crippen molar-refractivity contribution in [2.75, 3.05) is 5.32 Å². The van der Waals surface area contributed by atoms with E-state index in [1.807, 2.05) is 6.92 Å². The Balaban J connectivity index is 2.02. The van der Waals surface area contributed by atoms with Crippen LogP contribution in [-0.4, -0.2) is 23.3 Å². The molecule has 0 atom stereocenters. The van der Waals surface area contributed by atoms with Crippen molar-refractivity contribution in [3.63, 3.8) is 0 Å². The van der Waals surface area contributed by atoms with Crippen molar-refractivity contribution in [1.82, 2.24) is 0 Å². The minimum absolute atomic E-state index is 0.0288. The lowest BCUT2D eigenvalue weighted by Gasteiger charge is -2.11. The van der Waals surface area contributed by atoms with Crippen molar-refractivity contribution in [3.05, 3.63) is 16.5 Å². The van der Waals surface area contributed by atoms with Crippen LogP contribution in [0.15, 0.2) is 6.07 Å². The first-order valence-corrected chi connectivity index (χ1v) is 7.25. The summed E-state index contributed by atoms with van der Waals surface area (Å²) in [6.07, 6.45) is 4.10. The Morgan fingerprint density at radius 3 is 2.74 bits per heavy atom. The van der Waals surface area contributed by atoms with Crippen LogP contribution in [0.25, 0.3) is 0 Å². The molecule has 6 heteroatoms. The van der Waals surface area contributed by atoms with E-state index >= 15 is 0 Å². The first-order chi connectivity index (χ1) is 9.10. The summed E-state index contributed by atoms with van der Waals surface area (Å²) in [5.74, 6) is -1.04. The lowest BCUT2D eigenvalue weighted by Crippen LogP contribution is -2.20. The summed E-state index contributed by atoms with van der Waals surface area (Å²) in [7, 11) is 0. The Bertz CT molecular complexity index is 477. The highest BCUT2D eigenvalue weighted by molar-refractivity contribution is 7.16. The van der Waals surface area contributed by atoms with Gasteiger partial charge in [0.15, 0.2) is 0 Å². The lowest BCUT2D eigenvalue weighted by molar-refractivity contribution is 0.0698. The Kier molecular flexibility index (Phi) is 4.42. The first kappa shape index (κ1) is 13.9. The van der Waals surface area contributed by atoms with Crippen LogP contribution >= 0.6 is 11.3 Å². The molecule has 1 fully saturated rings. The van der Waals surface area contributed by atoms with Gasteiger partial charge in [-0.05, 0) is 38.2 Å². The Labute approximate surface area is 115 Å². The topological polar surface area (TPSA) is 75.6 Å². The summed E-state index contributed by atoms with van der Waals surface area (Å²) in [6, 6.07) is 1.60. The minimum Gasteiger partial charge on any atom is -0.478 e. The van der Waals surface area contributed by atoms with E-state index in [1.165, 1.54) is 11.3 Å². The standard InChI is InChI=1S/C13H17NO4S/c1-2-9-7-10(12(15)16)11(19-9)14-13(17)18-8-5-3-4-6-8/h7-8H,2-6H2,1H3,(H,14,17)(H,15,16). The third kappa shape index (κ3) is 3.47. The zero-order valence-electron chi connectivity index (χ0n) is 10.8. The molecule has 0 aromatic carbocycles. The monoisotopic (exact) mass is 283 g/mol. The summed E-state index contributed by atoms with van der Waals surface area (Å²) < 4.78 is 5.26. The second-order valence-electron chi connectivity index (χ2n) is 4.55. The van der Waals surface area contributed by atoms with Gasteiger partial charge in [-0.25, -0.2) is 9.59 Å². The quantitative estimate of drug-likeness (QED) is 0.886. The predicted molar refractivity (Wildman–Crippen MR) is 73.0 cm³/mol. The highest BCUT2D eigenvalue weighted by atomic mass is 32.1. The molecule has 0 radical (unpaired) electrons. The van der Waals surface area contributed by atoms with Gasteiger partial charge < -0.3 is 9.84 Å². The Hall–Kier alpha value is -1.56. The van der Waals surface area contributed by atoms with Crippen LogP contribution in [0.3, 0.4) is 0 Å². The second kappa shape index (κ2) is 6.06. The molecular weight excluding hydrogens is 266 g/mol. The summed E-state index contributed by atoms with van der Waals surface area (Å²) in [6.45, 7) is 1.94. The molecule has 1 aliphatic rings. The molecule has 1 aliphatic carbocycles. The Morgan fingerprint density at radius 1 is 1.47 bits per heavy atom. The molecule has 0 saturated heterocycles. The van der Waals surface area contributed by atoms with Gasteiger partial charge in [0.2, 0.25) is 0 Å². The van der Waals surface area contributed by atoms with E-state index in [2.05, 4.69) is 5.32 Å². The van der Waals surface area contributed by atoms with Crippen LogP contribution in [-0.2, 0) is 11.2 Å². The normalized spacial score (nSPS) is 15.4. The van der Waals surface area contributed by atoms with Crippen LogP contribution in [0.4, 0.5) is 9.80 Å². The SMILES string of the molecule is CCc1cc(C(=O)O)c(NC(=O)OC2CCCC2)s1. The molecule has 2 N–H and O–H groups in total. The molecule has 5 nitrogen and oxygen atoms in total. The first-order valence-electron chi connectivity index (χ1n) is 6.43. The smallest absolute Gasteiger partial charge is 0.412 e. The number of carbonyl (C=O) groups excluding carboxylic acids is 1. The average Bonchev–Trinajstić information content (AvgIpc) is 2.98. The number of hydrogen-bond acceptors (Lipinski definition) is 4. The fraction of sp³-hybridized carbons (Fsp3) is 0.538. The van der Waals surface area contributed by atoms with Crippen LogP contribution < -0.4 is 5.32 Å². The van der Waals surface area contributed by atoms with Gasteiger partial charge in [-0.1, -0.05) is 6.92 Å². The maximum atomic E-state index is 11.7. The van der Waals surface area contributed by atoms with Crippen molar-refractivity contribution in [1.29, 1.82) is 0 Å². The van der Waals surface area contributed by atoms with Gasteiger partial charge >= 0.3 is 12.1 Å². The van der Waals surface area contributed by atoms with E-state index in [0.29, 0.717) is 5.00 Å². The number of aromatic carboxylic acids is 1. The molecule has 1 amide bonds. The van der Waals surface area contributed by atoms with Crippen molar-refractivity contribution < 1.29 is 19.4 Å². The molecule has 19 heavy (non-hydrogen) atoms. The molecule has 0 spiro atoms. The summed E-state index contributed by atoms with van der Waals surface area (Å²) in [5.41, 5.74) is 0.130. The third-order valence-corrected chi connectivity index (χ3v) is 4.35. The highest BCUT2D eigenvalue weighted by Gasteiger charge is 2.21. The van der Waals surface area contributed by atoms with Crippen LogP contribution in [0.5, 0.6) is 0 Å². The molecule has 1 saturated carbocycles. The van der Waals surface area contributed by atoms with E-state index in [0.717, 1.165) is 37.0 Å². The molecule has 0 unspecified atom stereocenters. The zero-order chi connectivity index (χ0) is 13.8. The van der Waals surface area contributed by atoms with Crippen LogP contribution in [0.1, 0.15) is 47.8 Å². The number of amides is 1. The van der Waals surface area contributed by atoms with Crippen LogP contribution in [0, 0.1) is 0 Å². The number of nitrogens with one attached hydrogen (secondary N) is 1. The number of carbonyl (C=O) groups is 2. The minimum atomic E-state index is -1.04. The van der Waals surface area contributed by atoms with Gasteiger partial charge in [0.25, 0.3) is 0 Å². The van der Waals surface area contributed by atoms with Gasteiger partial charge in [-0.2, -0.15) is 0 Å². The van der Waals surface area contributed by atoms with Gasteiger partial charge in [0, 0.05) is 4.88 Å². The largest absolute Gasteiger partial charge is 0.478 e. The van der Waals surface area contributed by atoms with E-state index in [4.69, 9.17) is 9.84 Å². The number of hydrogen-bond donors (Lipinski definition) is 2. The summed E-state index contributed by atoms with van der Waals surface area (Å²) in [5, 5.41) is 12.0. The van der Waals surface area contributed by atoms with Gasteiger partial charge in [0.05, 0.1) is 5.56 Å². The Morgan fingerprint density at radius 2 is 2.16 bits per heavy atom. The molecule has 0 aliphatic heterocycles. The number of anilines is 1. The van der Waals surface area contributed by atoms with Crippen molar-refractivity contribution in [2.24, 2.45) is 0 Å². The van der Waals surface area contributed by atoms with Crippen LogP contribution in [0.2, 0.25) is 0 Å². The summed E-state index contributed by atoms with van der Waals surface area (Å²) >= 11 is 1.28. The maximum absolute atomic E-state index is 11.7. The molecule has 1 heterocycles. The van der Waals surface area contributed by atoms with E-state index in [1.54, 1.807) is 6.07 Å². The fourth-order valence-corrected chi connectivity index (χ4v) is 3.12. The van der Waals surface area contributed by atoms with Crippen molar-refractivity contribution in [3.8, 4) is 0 Å². The number of ether oxygens (including phenoxy) is 1. The number of rotatable bonds is 4. The average molecular weight is 283 g/mol. The van der Waals surface area contributed by atoms with E-state index in [9.17, 15) is 9.59 Å². The second-order valence-corrected chi connectivity index (χ2v) is 5.69. The van der Waals surface area contributed by atoms with Gasteiger partial charge in [-0.3, -0.25) is 5.32 Å². The highest BCUT2D eigenvalue weighted by Crippen LogP contribution is 2.29. The lowest BCUT2D eigenvalue weighted by atomic mass is 10.2. The molecule has 0 bridgehead atoms. The van der Waals surface area contributed by atoms with E-state index < -0.39 is 12.1 Å². The number of aryl methyl sites for hydroxylation is 1. The predicted octanol–water partition coefficient (Wildman–Crippen LogP) is 3.50. The fourth-order valence-electron chi connectivity index (χ4n) is 2.15. The summed E-state index contributed by atoms with van der Waals surface area (Å²) in [4.78, 5) is 23.7. The molecule has 104 valence electrons.